The van der Waals surface area contributed by atoms with E-state index in [0.717, 1.165) is 15.6 Å². The lowest BCUT2D eigenvalue weighted by Gasteiger charge is -2.14. The van der Waals surface area contributed by atoms with E-state index in [1.807, 2.05) is 72.8 Å². The van der Waals surface area contributed by atoms with Gasteiger partial charge in [0.2, 0.25) is 0 Å². The van der Waals surface area contributed by atoms with Crippen LogP contribution in [0.3, 0.4) is 0 Å². The fourth-order valence-electron chi connectivity index (χ4n) is 2.28. The van der Waals surface area contributed by atoms with Gasteiger partial charge in [-0.15, -0.1) is 0 Å². The number of thiocarbonyl (C=S) groups is 1. The summed E-state index contributed by atoms with van der Waals surface area (Å²) in [5.74, 6) is -0.0488. The van der Waals surface area contributed by atoms with E-state index in [0.29, 0.717) is 15.8 Å². The number of carbonyl (C=O) groups is 1. The Balaban J connectivity index is 1.77. The minimum atomic E-state index is -0.0488. The zero-order valence-electron chi connectivity index (χ0n) is 12.7. The third kappa shape index (κ3) is 4.23. The van der Waals surface area contributed by atoms with E-state index in [1.54, 1.807) is 4.90 Å². The van der Waals surface area contributed by atoms with Crippen LogP contribution in [0.25, 0.3) is 6.08 Å². The molecule has 0 N–H and O–H groups in total. The SMILES string of the molecule is O=C1C(=CC(Br)=Cc2ccccc2)SC(=S)N1Cc1ccccc1. The maximum absolute atomic E-state index is 12.6. The van der Waals surface area contributed by atoms with E-state index in [-0.39, 0.29) is 5.91 Å². The van der Waals surface area contributed by atoms with Crippen molar-refractivity contribution < 1.29 is 4.79 Å². The van der Waals surface area contributed by atoms with Crippen molar-refractivity contribution in [2.24, 2.45) is 0 Å². The first-order valence-electron chi connectivity index (χ1n) is 7.35. The van der Waals surface area contributed by atoms with Gasteiger partial charge in [0.05, 0.1) is 11.4 Å². The molecule has 1 aliphatic heterocycles. The van der Waals surface area contributed by atoms with E-state index >= 15 is 0 Å². The zero-order valence-corrected chi connectivity index (χ0v) is 15.9. The second kappa shape index (κ2) is 7.92. The number of nitrogens with zero attached hydrogens (tertiary/aromatic N) is 1. The Bertz CT molecular complexity index is 816. The van der Waals surface area contributed by atoms with Crippen LogP contribution in [-0.4, -0.2) is 15.1 Å². The molecule has 0 atom stereocenters. The van der Waals surface area contributed by atoms with Crippen molar-refractivity contribution in [2.75, 3.05) is 0 Å². The second-order valence-electron chi connectivity index (χ2n) is 5.19. The molecule has 3 rings (SSSR count). The Morgan fingerprint density at radius 1 is 1.08 bits per heavy atom. The summed E-state index contributed by atoms with van der Waals surface area (Å²) >= 11 is 10.2. The number of benzene rings is 2. The number of halogens is 1. The van der Waals surface area contributed by atoms with Gasteiger partial charge < -0.3 is 0 Å². The highest BCUT2D eigenvalue weighted by atomic mass is 79.9. The molecule has 2 nitrogen and oxygen atoms in total. The first kappa shape index (κ1) is 17.1. The minimum Gasteiger partial charge on any atom is -0.288 e. The summed E-state index contributed by atoms with van der Waals surface area (Å²) in [6, 6.07) is 19.8. The lowest BCUT2D eigenvalue weighted by atomic mass is 10.2. The van der Waals surface area contributed by atoms with E-state index in [9.17, 15) is 4.79 Å². The molecule has 1 aliphatic rings. The zero-order chi connectivity index (χ0) is 16.9. The Labute approximate surface area is 159 Å². The number of amides is 1. The van der Waals surface area contributed by atoms with Gasteiger partial charge in [-0.25, -0.2) is 0 Å². The van der Waals surface area contributed by atoms with Gasteiger partial charge in [-0.05, 0) is 23.3 Å². The molecule has 5 heteroatoms. The molecule has 1 amide bonds. The predicted molar refractivity (Wildman–Crippen MR) is 109 cm³/mol. The molecule has 0 bridgehead atoms. The lowest BCUT2D eigenvalue weighted by Crippen LogP contribution is -2.27. The van der Waals surface area contributed by atoms with Crippen LogP contribution in [0, 0.1) is 0 Å². The summed E-state index contributed by atoms with van der Waals surface area (Å²) in [5.41, 5.74) is 2.13. The fourth-order valence-corrected chi connectivity index (χ4v) is 4.17. The van der Waals surface area contributed by atoms with E-state index in [2.05, 4.69) is 15.9 Å². The van der Waals surface area contributed by atoms with Crippen molar-refractivity contribution in [1.82, 2.24) is 4.90 Å². The molecule has 0 aliphatic carbocycles. The molecule has 0 radical (unpaired) electrons. The molecule has 0 unspecified atom stereocenters. The molecular formula is C19H14BrNOS2. The van der Waals surface area contributed by atoms with E-state index in [1.165, 1.54) is 11.8 Å². The van der Waals surface area contributed by atoms with Crippen LogP contribution in [-0.2, 0) is 11.3 Å². The normalized spacial score (nSPS) is 17.0. The Morgan fingerprint density at radius 2 is 1.71 bits per heavy atom. The summed E-state index contributed by atoms with van der Waals surface area (Å²) in [5, 5.41) is 0. The number of carbonyl (C=O) groups excluding carboxylic acids is 1. The number of rotatable bonds is 4. The maximum atomic E-state index is 12.6. The first-order valence-corrected chi connectivity index (χ1v) is 9.37. The topological polar surface area (TPSA) is 20.3 Å². The highest BCUT2D eigenvalue weighted by molar-refractivity contribution is 9.12. The maximum Gasteiger partial charge on any atom is 0.266 e. The van der Waals surface area contributed by atoms with E-state index < -0.39 is 0 Å². The highest BCUT2D eigenvalue weighted by Gasteiger charge is 2.31. The summed E-state index contributed by atoms with van der Waals surface area (Å²) in [7, 11) is 0. The molecule has 2 aromatic rings. The lowest BCUT2D eigenvalue weighted by molar-refractivity contribution is -0.122. The van der Waals surface area contributed by atoms with Crippen LogP contribution in [0.5, 0.6) is 0 Å². The van der Waals surface area contributed by atoms with Gasteiger partial charge in [-0.2, -0.15) is 0 Å². The van der Waals surface area contributed by atoms with Crippen molar-refractivity contribution in [2.45, 2.75) is 6.54 Å². The average molecular weight is 416 g/mol. The van der Waals surface area contributed by atoms with E-state index in [4.69, 9.17) is 12.2 Å². The van der Waals surface area contributed by atoms with Gasteiger partial charge in [0.25, 0.3) is 5.91 Å². The molecular weight excluding hydrogens is 402 g/mol. The Hall–Kier alpha value is -1.69. The number of thioether (sulfide) groups is 1. The molecule has 2 aromatic carbocycles. The molecule has 120 valence electrons. The van der Waals surface area contributed by atoms with Gasteiger partial charge >= 0.3 is 0 Å². The van der Waals surface area contributed by atoms with Gasteiger partial charge in [-0.3, -0.25) is 9.69 Å². The molecule has 0 spiro atoms. The Kier molecular flexibility index (Phi) is 5.66. The number of hydrogen-bond acceptors (Lipinski definition) is 3. The summed E-state index contributed by atoms with van der Waals surface area (Å²) in [4.78, 5) is 14.9. The smallest absolute Gasteiger partial charge is 0.266 e. The minimum absolute atomic E-state index is 0.0488. The fraction of sp³-hybridized carbons (Fsp3) is 0.0526. The third-order valence-electron chi connectivity index (χ3n) is 3.43. The molecule has 0 aromatic heterocycles. The quantitative estimate of drug-likeness (QED) is 0.494. The van der Waals surface area contributed by atoms with Crippen molar-refractivity contribution >= 4 is 56.2 Å². The summed E-state index contributed by atoms with van der Waals surface area (Å²) in [6.45, 7) is 0.503. The van der Waals surface area contributed by atoms with Gasteiger partial charge in [0.1, 0.15) is 4.32 Å². The highest BCUT2D eigenvalue weighted by Crippen LogP contribution is 2.34. The van der Waals surface area contributed by atoms with Crippen LogP contribution < -0.4 is 0 Å². The van der Waals surface area contributed by atoms with Gasteiger partial charge in [0.15, 0.2) is 0 Å². The molecule has 0 saturated carbocycles. The largest absolute Gasteiger partial charge is 0.288 e. The van der Waals surface area contributed by atoms with Crippen LogP contribution in [0.4, 0.5) is 0 Å². The number of allylic oxidation sites excluding steroid dienone is 2. The standard InChI is InChI=1S/C19H14BrNOS2/c20-16(11-14-7-3-1-4-8-14)12-17-18(22)21(19(23)24-17)13-15-9-5-2-6-10-15/h1-12H,13H2. The molecule has 1 heterocycles. The van der Waals surface area contributed by atoms with Crippen molar-refractivity contribution in [3.05, 3.63) is 87.3 Å². The first-order chi connectivity index (χ1) is 11.6. The van der Waals surface area contributed by atoms with Gasteiger partial charge in [-0.1, -0.05) is 101 Å². The van der Waals surface area contributed by atoms with Crippen molar-refractivity contribution in [3.8, 4) is 0 Å². The van der Waals surface area contributed by atoms with Crippen molar-refractivity contribution in [3.63, 3.8) is 0 Å². The third-order valence-corrected chi connectivity index (χ3v) is 5.27. The average Bonchev–Trinajstić information content (AvgIpc) is 2.84. The summed E-state index contributed by atoms with van der Waals surface area (Å²) < 4.78 is 1.43. The monoisotopic (exact) mass is 415 g/mol. The van der Waals surface area contributed by atoms with Gasteiger partial charge in [0, 0.05) is 4.48 Å². The van der Waals surface area contributed by atoms with Crippen LogP contribution >= 0.6 is 39.9 Å². The predicted octanol–water partition coefficient (Wildman–Crippen LogP) is 5.37. The Morgan fingerprint density at radius 3 is 2.38 bits per heavy atom. The van der Waals surface area contributed by atoms with Crippen molar-refractivity contribution in [1.29, 1.82) is 0 Å². The van der Waals surface area contributed by atoms with Crippen LogP contribution in [0.1, 0.15) is 11.1 Å². The van der Waals surface area contributed by atoms with Crippen LogP contribution in [0.2, 0.25) is 0 Å². The number of hydrogen-bond donors (Lipinski definition) is 0. The second-order valence-corrected chi connectivity index (χ2v) is 7.78. The molecule has 24 heavy (non-hydrogen) atoms. The van der Waals surface area contributed by atoms with Crippen LogP contribution in [0.15, 0.2) is 76.1 Å². The molecule has 1 fully saturated rings. The summed E-state index contributed by atoms with van der Waals surface area (Å²) in [6.07, 6.45) is 3.81. The molecule has 1 saturated heterocycles.